The van der Waals surface area contributed by atoms with Crippen LogP contribution in [0.1, 0.15) is 6.42 Å². The molecule has 3 rings (SSSR count). The molecule has 1 aromatic carbocycles. The smallest absolute Gasteiger partial charge is 0.450 e. The number of benzene rings is 1. The third-order valence-corrected chi connectivity index (χ3v) is 4.94. The molecule has 2 unspecified atom stereocenters. The summed E-state index contributed by atoms with van der Waals surface area (Å²) in [6.07, 6.45) is 1.55. The normalized spacial score (nSPS) is 23.4. The summed E-state index contributed by atoms with van der Waals surface area (Å²) in [5.41, 5.74) is 0. The maximum atomic E-state index is 10.8. The van der Waals surface area contributed by atoms with Crippen LogP contribution in [-0.4, -0.2) is 33.6 Å². The van der Waals surface area contributed by atoms with Crippen LogP contribution in [0.2, 0.25) is 0 Å². The van der Waals surface area contributed by atoms with E-state index < -0.39 is 12.4 Å². The van der Waals surface area contributed by atoms with Gasteiger partial charge in [-0.15, -0.1) is 11.8 Å². The van der Waals surface area contributed by atoms with E-state index in [0.717, 1.165) is 4.90 Å². The molecule has 8 heteroatoms. The second-order valence-corrected chi connectivity index (χ2v) is 6.92. The number of carbonyl (C=O) groups is 1. The molecule has 0 fully saturated rings. The molecule has 0 amide bonds. The minimum atomic E-state index is -1.36. The molecule has 0 radical (unpaired) electrons. The van der Waals surface area contributed by atoms with Gasteiger partial charge in [0.1, 0.15) is 0 Å². The van der Waals surface area contributed by atoms with Crippen LogP contribution in [0.3, 0.4) is 0 Å². The zero-order valence-electron chi connectivity index (χ0n) is 11.7. The highest BCUT2D eigenvalue weighted by molar-refractivity contribution is 7.99. The lowest BCUT2D eigenvalue weighted by molar-refractivity contribution is 0.0450. The highest BCUT2D eigenvalue weighted by atomic mass is 35.5. The van der Waals surface area contributed by atoms with E-state index in [9.17, 15) is 4.79 Å². The van der Waals surface area contributed by atoms with Gasteiger partial charge >= 0.3 is 6.16 Å². The van der Waals surface area contributed by atoms with Crippen LogP contribution >= 0.6 is 35.0 Å². The molecule has 5 nitrogen and oxygen atoms in total. The zero-order chi connectivity index (χ0) is 16.4. The number of thioether (sulfide) groups is 1. The van der Waals surface area contributed by atoms with Crippen molar-refractivity contribution in [2.24, 2.45) is 4.99 Å². The Labute approximate surface area is 147 Å². The Kier molecular flexibility index (Phi) is 4.84. The Morgan fingerprint density at radius 3 is 2.78 bits per heavy atom. The van der Waals surface area contributed by atoms with E-state index in [-0.39, 0.29) is 5.37 Å². The molecule has 1 N–H and O–H groups in total. The Balaban J connectivity index is 1.90. The molecule has 23 heavy (non-hydrogen) atoms. The summed E-state index contributed by atoms with van der Waals surface area (Å²) in [5.74, 6) is 0.460. The molecular formula is C15H12Cl2N2O3S. The average Bonchev–Trinajstić information content (AvgIpc) is 2.49. The summed E-state index contributed by atoms with van der Waals surface area (Å²) in [6, 6.07) is 9.78. The lowest BCUT2D eigenvalue weighted by Crippen LogP contribution is -2.43. The number of nitrogens with zero attached hydrogens (tertiary/aromatic N) is 2. The predicted octanol–water partition coefficient (Wildman–Crippen LogP) is 4.45. The van der Waals surface area contributed by atoms with Crippen LogP contribution < -0.4 is 0 Å². The molecule has 2 aliphatic rings. The maximum absolute atomic E-state index is 10.8. The second-order valence-electron chi connectivity index (χ2n) is 4.83. The van der Waals surface area contributed by atoms with Gasteiger partial charge in [-0.1, -0.05) is 41.4 Å². The number of halogens is 2. The van der Waals surface area contributed by atoms with Gasteiger partial charge in [0.15, 0.2) is 5.84 Å². The topological polar surface area (TPSA) is 62.1 Å². The van der Waals surface area contributed by atoms with Crippen molar-refractivity contribution in [1.82, 2.24) is 4.90 Å². The summed E-state index contributed by atoms with van der Waals surface area (Å²) in [6.45, 7) is 0. The van der Waals surface area contributed by atoms with E-state index in [1.807, 2.05) is 35.2 Å². The number of hydrogen-bond donors (Lipinski definition) is 1. The Hall–Kier alpha value is -1.63. The molecule has 120 valence electrons. The SMILES string of the molecule is O=C(O)OC1CC(Sc2ccccc2)N2C=C(Cl)C=C(Cl)C2=N1. The summed E-state index contributed by atoms with van der Waals surface area (Å²) < 4.78 is 4.83. The van der Waals surface area contributed by atoms with Crippen molar-refractivity contribution in [3.63, 3.8) is 0 Å². The minimum Gasteiger partial charge on any atom is -0.450 e. The van der Waals surface area contributed by atoms with E-state index in [0.29, 0.717) is 22.3 Å². The first-order chi connectivity index (χ1) is 11.0. The molecule has 0 bridgehead atoms. The molecule has 1 aromatic rings. The molecule has 0 aromatic heterocycles. The standard InChI is InChI=1S/C15H12Cl2N2O3S/c16-9-6-11(17)14-18-12(22-15(20)21)7-13(19(14)8-9)23-10-4-2-1-3-5-10/h1-6,8,12-13H,7H2,(H,20,21). The summed E-state index contributed by atoms with van der Waals surface area (Å²) in [7, 11) is 0. The van der Waals surface area contributed by atoms with Gasteiger partial charge in [-0.3, -0.25) is 0 Å². The number of rotatable bonds is 3. The summed E-state index contributed by atoms with van der Waals surface area (Å²) in [5, 5.41) is 9.57. The van der Waals surface area contributed by atoms with E-state index >= 15 is 0 Å². The first-order valence-electron chi connectivity index (χ1n) is 6.75. The monoisotopic (exact) mass is 370 g/mol. The molecule has 0 aliphatic carbocycles. The highest BCUT2D eigenvalue weighted by Crippen LogP contribution is 2.37. The van der Waals surface area contributed by atoms with Crippen molar-refractivity contribution in [2.75, 3.05) is 0 Å². The van der Waals surface area contributed by atoms with Crippen LogP contribution in [-0.2, 0) is 4.74 Å². The van der Waals surface area contributed by atoms with Crippen LogP contribution in [0.25, 0.3) is 0 Å². The third kappa shape index (κ3) is 3.83. The quantitative estimate of drug-likeness (QED) is 0.796. The number of aliphatic imine (C=N–C) groups is 1. The van der Waals surface area contributed by atoms with Gasteiger partial charge in [-0.05, 0) is 18.2 Å². The van der Waals surface area contributed by atoms with E-state index in [2.05, 4.69) is 4.99 Å². The van der Waals surface area contributed by atoms with E-state index in [4.69, 9.17) is 33.0 Å². The van der Waals surface area contributed by atoms with Crippen molar-refractivity contribution in [2.45, 2.75) is 22.9 Å². The van der Waals surface area contributed by atoms with Crippen LogP contribution in [0.5, 0.6) is 0 Å². The third-order valence-electron chi connectivity index (χ3n) is 3.22. The summed E-state index contributed by atoms with van der Waals surface area (Å²) in [4.78, 5) is 18.0. The van der Waals surface area contributed by atoms with Gasteiger partial charge in [-0.2, -0.15) is 0 Å². The van der Waals surface area contributed by atoms with Gasteiger partial charge in [0.25, 0.3) is 0 Å². The number of amidine groups is 1. The number of carboxylic acid groups (broad SMARTS) is 1. The highest BCUT2D eigenvalue weighted by Gasteiger charge is 2.35. The van der Waals surface area contributed by atoms with Crippen LogP contribution in [0.15, 0.2) is 62.6 Å². The number of hydrogen-bond acceptors (Lipinski definition) is 5. The maximum Gasteiger partial charge on any atom is 0.507 e. The first kappa shape index (κ1) is 16.2. The molecular weight excluding hydrogens is 359 g/mol. The van der Waals surface area contributed by atoms with Gasteiger partial charge in [0, 0.05) is 17.5 Å². The van der Waals surface area contributed by atoms with Gasteiger partial charge < -0.3 is 14.7 Å². The van der Waals surface area contributed by atoms with Crippen molar-refractivity contribution in [3.05, 3.63) is 52.7 Å². The van der Waals surface area contributed by atoms with Crippen LogP contribution in [0, 0.1) is 0 Å². The van der Waals surface area contributed by atoms with Crippen molar-refractivity contribution in [1.29, 1.82) is 0 Å². The Morgan fingerprint density at radius 2 is 2.09 bits per heavy atom. The average molecular weight is 371 g/mol. The van der Waals surface area contributed by atoms with Gasteiger partial charge in [0.05, 0.1) is 15.4 Å². The zero-order valence-corrected chi connectivity index (χ0v) is 14.1. The fourth-order valence-corrected chi connectivity index (χ4v) is 4.01. The fourth-order valence-electron chi connectivity index (χ4n) is 2.32. The van der Waals surface area contributed by atoms with E-state index in [1.165, 1.54) is 0 Å². The second kappa shape index (κ2) is 6.86. The summed E-state index contributed by atoms with van der Waals surface area (Å²) >= 11 is 13.9. The van der Waals surface area contributed by atoms with Crippen molar-refractivity contribution < 1.29 is 14.6 Å². The molecule has 2 heterocycles. The van der Waals surface area contributed by atoms with Gasteiger partial charge in [-0.25, -0.2) is 9.79 Å². The Bertz CT molecular complexity index is 706. The molecule has 0 spiro atoms. The van der Waals surface area contributed by atoms with Gasteiger partial charge in [0.2, 0.25) is 6.23 Å². The molecule has 0 saturated heterocycles. The van der Waals surface area contributed by atoms with E-state index in [1.54, 1.807) is 24.0 Å². The number of ether oxygens (including phenoxy) is 1. The fraction of sp³-hybridized carbons (Fsp3) is 0.200. The molecule has 0 saturated carbocycles. The van der Waals surface area contributed by atoms with Crippen molar-refractivity contribution in [3.8, 4) is 0 Å². The number of allylic oxidation sites excluding steroid dienone is 2. The lowest BCUT2D eigenvalue weighted by atomic mass is 10.2. The molecule has 2 atom stereocenters. The first-order valence-corrected chi connectivity index (χ1v) is 8.39. The Morgan fingerprint density at radius 1 is 1.35 bits per heavy atom. The minimum absolute atomic E-state index is 0.134. The van der Waals surface area contributed by atoms with Crippen molar-refractivity contribution >= 4 is 47.0 Å². The predicted molar refractivity (Wildman–Crippen MR) is 90.7 cm³/mol. The lowest BCUT2D eigenvalue weighted by Gasteiger charge is -2.38. The molecule has 2 aliphatic heterocycles. The van der Waals surface area contributed by atoms with Crippen LogP contribution in [0.4, 0.5) is 4.79 Å². The largest absolute Gasteiger partial charge is 0.507 e. The number of fused-ring (bicyclic) bond motifs is 1.